The molecule has 0 unspecified atom stereocenters. The lowest BCUT2D eigenvalue weighted by molar-refractivity contribution is 0.0697. The van der Waals surface area contributed by atoms with Crippen molar-refractivity contribution in [2.45, 2.75) is 20.3 Å². The average molecular weight is 231 g/mol. The summed E-state index contributed by atoms with van der Waals surface area (Å²) in [5.74, 6) is 1.66. The highest BCUT2D eigenvalue weighted by atomic mass is 16.4. The van der Waals surface area contributed by atoms with Crippen LogP contribution in [0.15, 0.2) is 18.2 Å². The van der Waals surface area contributed by atoms with Gasteiger partial charge in [0.1, 0.15) is 0 Å². The van der Waals surface area contributed by atoms with Crippen LogP contribution in [0.2, 0.25) is 0 Å². The molecule has 0 aromatic heterocycles. The molecule has 17 heavy (non-hydrogen) atoms. The number of aromatic carboxylic acids is 1. The van der Waals surface area contributed by atoms with Crippen molar-refractivity contribution in [3.05, 3.63) is 29.3 Å². The molecule has 0 heterocycles. The van der Waals surface area contributed by atoms with Gasteiger partial charge in [-0.3, -0.25) is 0 Å². The first-order valence-corrected chi connectivity index (χ1v) is 5.63. The number of aryl methyl sites for hydroxylation is 1. The molecule has 0 aliphatic rings. The zero-order valence-electron chi connectivity index (χ0n) is 10.2. The number of carbonyl (C=O) groups is 1. The van der Waals surface area contributed by atoms with Crippen molar-refractivity contribution in [3.8, 4) is 12.3 Å². The highest BCUT2D eigenvalue weighted by molar-refractivity contribution is 5.95. The van der Waals surface area contributed by atoms with Gasteiger partial charge in [0.15, 0.2) is 0 Å². The van der Waals surface area contributed by atoms with Gasteiger partial charge < -0.3 is 10.0 Å². The molecule has 0 radical (unpaired) electrons. The topological polar surface area (TPSA) is 40.5 Å². The monoisotopic (exact) mass is 231 g/mol. The lowest BCUT2D eigenvalue weighted by Crippen LogP contribution is -2.27. The van der Waals surface area contributed by atoms with Crippen molar-refractivity contribution < 1.29 is 9.90 Å². The molecule has 0 aliphatic heterocycles. The van der Waals surface area contributed by atoms with Gasteiger partial charge in [-0.05, 0) is 25.0 Å². The number of carboxylic acid groups (broad SMARTS) is 1. The number of benzene rings is 1. The van der Waals surface area contributed by atoms with E-state index in [1.54, 1.807) is 12.1 Å². The number of hydrogen-bond acceptors (Lipinski definition) is 2. The van der Waals surface area contributed by atoms with E-state index in [0.717, 1.165) is 24.2 Å². The Hall–Kier alpha value is -1.95. The van der Waals surface area contributed by atoms with Crippen LogP contribution in [0.3, 0.4) is 0 Å². The molecule has 3 heteroatoms. The lowest BCUT2D eigenvalue weighted by Gasteiger charge is -2.25. The Labute approximate surface area is 102 Å². The summed E-state index contributed by atoms with van der Waals surface area (Å²) in [7, 11) is 0. The van der Waals surface area contributed by atoms with Crippen LogP contribution in [0.4, 0.5) is 5.69 Å². The third kappa shape index (κ3) is 3.01. The van der Waals surface area contributed by atoms with E-state index in [4.69, 9.17) is 6.42 Å². The fraction of sp³-hybridized carbons (Fsp3) is 0.357. The van der Waals surface area contributed by atoms with E-state index < -0.39 is 5.97 Å². The van der Waals surface area contributed by atoms with Gasteiger partial charge in [0.2, 0.25) is 0 Å². The number of rotatable bonds is 5. The van der Waals surface area contributed by atoms with Crippen LogP contribution >= 0.6 is 0 Å². The minimum atomic E-state index is -0.915. The van der Waals surface area contributed by atoms with Gasteiger partial charge in [0.05, 0.1) is 17.8 Å². The second-order valence-electron chi connectivity index (χ2n) is 3.90. The first-order chi connectivity index (χ1) is 8.11. The molecule has 90 valence electrons. The summed E-state index contributed by atoms with van der Waals surface area (Å²) < 4.78 is 0. The summed E-state index contributed by atoms with van der Waals surface area (Å²) in [6.07, 6.45) is 6.26. The molecule has 0 amide bonds. The maximum atomic E-state index is 11.2. The van der Waals surface area contributed by atoms with E-state index in [2.05, 4.69) is 5.92 Å². The van der Waals surface area contributed by atoms with Crippen LogP contribution in [0.5, 0.6) is 0 Å². The van der Waals surface area contributed by atoms with Gasteiger partial charge >= 0.3 is 5.97 Å². The summed E-state index contributed by atoms with van der Waals surface area (Å²) in [5.41, 5.74) is 1.99. The van der Waals surface area contributed by atoms with Crippen molar-refractivity contribution in [1.29, 1.82) is 0 Å². The van der Waals surface area contributed by atoms with E-state index in [9.17, 15) is 9.90 Å². The van der Waals surface area contributed by atoms with Gasteiger partial charge in [0, 0.05) is 6.54 Å². The Morgan fingerprint density at radius 1 is 1.53 bits per heavy atom. The first kappa shape index (κ1) is 13.1. The van der Waals surface area contributed by atoms with Gasteiger partial charge in [0.25, 0.3) is 0 Å². The van der Waals surface area contributed by atoms with Gasteiger partial charge in [-0.25, -0.2) is 4.79 Å². The third-order valence-electron chi connectivity index (χ3n) is 2.56. The summed E-state index contributed by atoms with van der Waals surface area (Å²) in [6, 6.07) is 5.27. The average Bonchev–Trinajstić information content (AvgIpc) is 2.28. The minimum absolute atomic E-state index is 0.314. The van der Waals surface area contributed by atoms with Crippen LogP contribution in [0, 0.1) is 19.3 Å². The Morgan fingerprint density at radius 3 is 2.76 bits per heavy atom. The molecular weight excluding hydrogens is 214 g/mol. The Bertz CT molecular complexity index is 446. The van der Waals surface area contributed by atoms with E-state index in [-0.39, 0.29) is 0 Å². The molecule has 0 saturated carbocycles. The Balaban J connectivity index is 3.25. The molecular formula is C14H17NO2. The zero-order chi connectivity index (χ0) is 12.8. The van der Waals surface area contributed by atoms with Crippen LogP contribution in [-0.4, -0.2) is 24.2 Å². The quantitative estimate of drug-likeness (QED) is 0.792. The predicted molar refractivity (Wildman–Crippen MR) is 69.5 cm³/mol. The standard InChI is InChI=1S/C14H17NO2/c1-4-9-15(10-5-2)13-11(3)7-6-8-12(13)14(16)17/h1,6-8H,5,9-10H2,2-3H3,(H,16,17). The molecule has 0 atom stereocenters. The molecule has 0 bridgehead atoms. The van der Waals surface area contributed by atoms with Crippen molar-refractivity contribution in [1.82, 2.24) is 0 Å². The summed E-state index contributed by atoms with van der Waals surface area (Å²) >= 11 is 0. The number of terminal acetylenes is 1. The van der Waals surface area contributed by atoms with Crippen LogP contribution in [0.1, 0.15) is 29.3 Å². The van der Waals surface area contributed by atoms with E-state index in [1.165, 1.54) is 0 Å². The summed E-state index contributed by atoms with van der Waals surface area (Å²) in [6.45, 7) is 5.14. The number of anilines is 1. The van der Waals surface area contributed by atoms with Gasteiger partial charge in [-0.15, -0.1) is 6.42 Å². The normalized spacial score (nSPS) is 9.71. The van der Waals surface area contributed by atoms with Crippen LogP contribution < -0.4 is 4.90 Å². The Kier molecular flexibility index (Phi) is 4.59. The molecule has 0 spiro atoms. The number of para-hydroxylation sites is 1. The van der Waals surface area contributed by atoms with E-state index >= 15 is 0 Å². The third-order valence-corrected chi connectivity index (χ3v) is 2.56. The molecule has 1 rings (SSSR count). The van der Waals surface area contributed by atoms with Gasteiger partial charge in [-0.2, -0.15) is 0 Å². The fourth-order valence-corrected chi connectivity index (χ4v) is 1.90. The highest BCUT2D eigenvalue weighted by Crippen LogP contribution is 2.25. The van der Waals surface area contributed by atoms with Crippen molar-refractivity contribution >= 4 is 11.7 Å². The molecule has 1 aromatic rings. The highest BCUT2D eigenvalue weighted by Gasteiger charge is 2.16. The zero-order valence-corrected chi connectivity index (χ0v) is 10.2. The fourth-order valence-electron chi connectivity index (χ4n) is 1.90. The second kappa shape index (κ2) is 5.95. The van der Waals surface area contributed by atoms with Crippen LogP contribution in [-0.2, 0) is 0 Å². The number of nitrogens with zero attached hydrogens (tertiary/aromatic N) is 1. The smallest absolute Gasteiger partial charge is 0.337 e. The predicted octanol–water partition coefficient (Wildman–Crippen LogP) is 2.54. The molecule has 3 nitrogen and oxygen atoms in total. The molecule has 0 aliphatic carbocycles. The number of hydrogen-bond donors (Lipinski definition) is 1. The van der Waals surface area contributed by atoms with Crippen molar-refractivity contribution in [2.24, 2.45) is 0 Å². The second-order valence-corrected chi connectivity index (χ2v) is 3.90. The Morgan fingerprint density at radius 2 is 2.24 bits per heavy atom. The van der Waals surface area contributed by atoms with Crippen molar-refractivity contribution in [2.75, 3.05) is 18.0 Å². The number of carboxylic acids is 1. The minimum Gasteiger partial charge on any atom is -0.478 e. The molecule has 1 aromatic carbocycles. The van der Waals surface area contributed by atoms with Crippen LogP contribution in [0.25, 0.3) is 0 Å². The lowest BCUT2D eigenvalue weighted by atomic mass is 10.1. The maximum Gasteiger partial charge on any atom is 0.337 e. The summed E-state index contributed by atoms with van der Waals surface area (Å²) in [4.78, 5) is 13.2. The maximum absolute atomic E-state index is 11.2. The van der Waals surface area contributed by atoms with Crippen molar-refractivity contribution in [3.63, 3.8) is 0 Å². The van der Waals surface area contributed by atoms with Gasteiger partial charge in [-0.1, -0.05) is 25.0 Å². The molecule has 0 saturated heterocycles. The first-order valence-electron chi connectivity index (χ1n) is 5.63. The molecule has 1 N–H and O–H groups in total. The summed E-state index contributed by atoms with van der Waals surface area (Å²) in [5, 5.41) is 9.20. The molecule has 0 fully saturated rings. The SMILES string of the molecule is C#CCN(CCC)c1c(C)cccc1C(=O)O. The van der Waals surface area contributed by atoms with E-state index in [0.29, 0.717) is 12.1 Å². The largest absolute Gasteiger partial charge is 0.478 e. The van der Waals surface area contributed by atoms with E-state index in [1.807, 2.05) is 24.8 Å².